The molecular formula is C16H25NO2. The molecule has 0 radical (unpaired) electrons. The third-order valence-electron chi connectivity index (χ3n) is 3.68. The monoisotopic (exact) mass is 263 g/mol. The van der Waals surface area contributed by atoms with Gasteiger partial charge in [-0.25, -0.2) is 0 Å². The van der Waals surface area contributed by atoms with E-state index in [-0.39, 0.29) is 11.6 Å². The van der Waals surface area contributed by atoms with Gasteiger partial charge in [0.1, 0.15) is 18.6 Å². The Balaban J connectivity index is 1.86. The van der Waals surface area contributed by atoms with Crippen LogP contribution in [0.4, 0.5) is 0 Å². The lowest BCUT2D eigenvalue weighted by Crippen LogP contribution is -2.32. The molecule has 3 nitrogen and oxygen atoms in total. The van der Waals surface area contributed by atoms with Crippen molar-refractivity contribution in [1.82, 2.24) is 4.90 Å². The molecule has 1 N–H and O–H groups in total. The number of ether oxygens (including phenoxy) is 1. The maximum Gasteiger partial charge on any atom is 0.119 e. The summed E-state index contributed by atoms with van der Waals surface area (Å²) in [6.45, 7) is 9.00. The van der Waals surface area contributed by atoms with E-state index in [0.717, 1.165) is 31.7 Å². The van der Waals surface area contributed by atoms with Gasteiger partial charge in [-0.1, -0.05) is 32.9 Å². The van der Waals surface area contributed by atoms with Crippen LogP contribution in [0.5, 0.6) is 5.75 Å². The maximum atomic E-state index is 9.71. The smallest absolute Gasteiger partial charge is 0.119 e. The van der Waals surface area contributed by atoms with Crippen molar-refractivity contribution in [2.45, 2.75) is 45.3 Å². The topological polar surface area (TPSA) is 32.7 Å². The Morgan fingerprint density at radius 2 is 2.16 bits per heavy atom. The number of likely N-dealkylation sites (tertiary alicyclic amines) is 1. The van der Waals surface area contributed by atoms with E-state index in [4.69, 9.17) is 4.74 Å². The summed E-state index contributed by atoms with van der Waals surface area (Å²) in [6.07, 6.45) is 1.70. The van der Waals surface area contributed by atoms with Gasteiger partial charge in [0, 0.05) is 13.1 Å². The Bertz CT molecular complexity index is 411. The fourth-order valence-corrected chi connectivity index (χ4v) is 2.40. The van der Waals surface area contributed by atoms with Crippen LogP contribution < -0.4 is 4.74 Å². The molecule has 1 heterocycles. The average molecular weight is 263 g/mol. The fourth-order valence-electron chi connectivity index (χ4n) is 2.40. The quantitative estimate of drug-likeness (QED) is 0.906. The second kappa shape index (κ2) is 5.93. The van der Waals surface area contributed by atoms with Crippen LogP contribution >= 0.6 is 0 Å². The standard InChI is InChI=1S/C16H25NO2/c1-16(2,3)13-6-4-7-14(12-13)19-11-10-17-9-5-8-15(17)18/h4,6-7,12,15,18H,5,8-11H2,1-3H3. The lowest BCUT2D eigenvalue weighted by atomic mass is 9.87. The van der Waals surface area contributed by atoms with Crippen LogP contribution in [0.3, 0.4) is 0 Å². The van der Waals surface area contributed by atoms with Crippen LogP contribution in [0.15, 0.2) is 24.3 Å². The van der Waals surface area contributed by atoms with Gasteiger partial charge in [0.25, 0.3) is 0 Å². The van der Waals surface area contributed by atoms with Crippen LogP contribution in [0.1, 0.15) is 39.2 Å². The van der Waals surface area contributed by atoms with Gasteiger partial charge in [0.15, 0.2) is 0 Å². The fraction of sp³-hybridized carbons (Fsp3) is 0.625. The van der Waals surface area contributed by atoms with Gasteiger partial charge in [-0.15, -0.1) is 0 Å². The minimum Gasteiger partial charge on any atom is -0.492 e. The van der Waals surface area contributed by atoms with Crippen molar-refractivity contribution in [1.29, 1.82) is 0 Å². The molecule has 0 saturated carbocycles. The highest BCUT2D eigenvalue weighted by Gasteiger charge is 2.21. The number of nitrogens with zero attached hydrogens (tertiary/aromatic N) is 1. The Kier molecular flexibility index (Phi) is 4.48. The highest BCUT2D eigenvalue weighted by molar-refractivity contribution is 5.32. The first-order valence-electron chi connectivity index (χ1n) is 7.12. The summed E-state index contributed by atoms with van der Waals surface area (Å²) in [7, 11) is 0. The van der Waals surface area contributed by atoms with E-state index in [1.54, 1.807) is 0 Å². The van der Waals surface area contributed by atoms with E-state index in [0.29, 0.717) is 6.61 Å². The van der Waals surface area contributed by atoms with Crippen LogP contribution in [0.25, 0.3) is 0 Å². The largest absolute Gasteiger partial charge is 0.492 e. The van der Waals surface area contributed by atoms with Gasteiger partial charge in [-0.3, -0.25) is 4.90 Å². The molecular weight excluding hydrogens is 238 g/mol. The van der Waals surface area contributed by atoms with Gasteiger partial charge >= 0.3 is 0 Å². The SMILES string of the molecule is CC(C)(C)c1cccc(OCCN2CCCC2O)c1. The Labute approximate surface area is 116 Å². The molecule has 1 aliphatic rings. The summed E-state index contributed by atoms with van der Waals surface area (Å²) in [4.78, 5) is 2.08. The predicted octanol–water partition coefficient (Wildman–Crippen LogP) is 2.78. The molecule has 1 saturated heterocycles. The zero-order chi connectivity index (χ0) is 13.9. The Morgan fingerprint density at radius 1 is 1.37 bits per heavy atom. The first kappa shape index (κ1) is 14.4. The van der Waals surface area contributed by atoms with E-state index < -0.39 is 0 Å². The van der Waals surface area contributed by atoms with E-state index >= 15 is 0 Å². The third-order valence-corrected chi connectivity index (χ3v) is 3.68. The van der Waals surface area contributed by atoms with Gasteiger partial charge in [0.2, 0.25) is 0 Å². The number of hydrogen-bond acceptors (Lipinski definition) is 3. The van der Waals surface area contributed by atoms with Gasteiger partial charge in [-0.05, 0) is 36.0 Å². The summed E-state index contributed by atoms with van der Waals surface area (Å²) < 4.78 is 5.80. The zero-order valence-corrected chi connectivity index (χ0v) is 12.2. The van der Waals surface area contributed by atoms with Crippen LogP contribution in [-0.2, 0) is 5.41 Å². The van der Waals surface area contributed by atoms with Gasteiger partial charge in [0.05, 0.1) is 0 Å². The van der Waals surface area contributed by atoms with Gasteiger partial charge < -0.3 is 9.84 Å². The molecule has 0 aromatic heterocycles. The lowest BCUT2D eigenvalue weighted by Gasteiger charge is -2.21. The lowest BCUT2D eigenvalue weighted by molar-refractivity contribution is 0.0300. The molecule has 1 aliphatic heterocycles. The maximum absolute atomic E-state index is 9.71. The van der Waals surface area contributed by atoms with Crippen molar-refractivity contribution in [2.75, 3.05) is 19.7 Å². The molecule has 106 valence electrons. The van der Waals surface area contributed by atoms with Crippen LogP contribution in [0.2, 0.25) is 0 Å². The molecule has 0 aliphatic carbocycles. The van der Waals surface area contributed by atoms with Crippen molar-refractivity contribution in [3.8, 4) is 5.75 Å². The molecule has 1 aromatic rings. The van der Waals surface area contributed by atoms with Crippen molar-refractivity contribution in [3.63, 3.8) is 0 Å². The highest BCUT2D eigenvalue weighted by atomic mass is 16.5. The van der Waals surface area contributed by atoms with Crippen molar-refractivity contribution in [3.05, 3.63) is 29.8 Å². The zero-order valence-electron chi connectivity index (χ0n) is 12.2. The van der Waals surface area contributed by atoms with Crippen LogP contribution in [-0.4, -0.2) is 35.9 Å². The van der Waals surface area contributed by atoms with Crippen molar-refractivity contribution in [2.24, 2.45) is 0 Å². The average Bonchev–Trinajstić information content (AvgIpc) is 2.75. The predicted molar refractivity (Wildman–Crippen MR) is 77.5 cm³/mol. The molecule has 1 unspecified atom stereocenters. The summed E-state index contributed by atoms with van der Waals surface area (Å²) in [5, 5.41) is 9.71. The molecule has 0 amide bonds. The van der Waals surface area contributed by atoms with E-state index in [1.807, 2.05) is 12.1 Å². The number of aliphatic hydroxyl groups excluding tert-OH is 1. The molecule has 0 spiro atoms. The number of benzene rings is 1. The number of aliphatic hydroxyl groups is 1. The molecule has 1 fully saturated rings. The normalized spacial score (nSPS) is 20.7. The molecule has 2 rings (SSSR count). The second-order valence-electron chi connectivity index (χ2n) is 6.29. The van der Waals surface area contributed by atoms with Crippen molar-refractivity contribution < 1.29 is 9.84 Å². The third kappa shape index (κ3) is 3.95. The van der Waals surface area contributed by atoms with Crippen molar-refractivity contribution >= 4 is 0 Å². The number of rotatable bonds is 4. The molecule has 1 aromatic carbocycles. The van der Waals surface area contributed by atoms with E-state index in [2.05, 4.69) is 37.8 Å². The highest BCUT2D eigenvalue weighted by Crippen LogP contribution is 2.25. The van der Waals surface area contributed by atoms with Gasteiger partial charge in [-0.2, -0.15) is 0 Å². The molecule has 19 heavy (non-hydrogen) atoms. The summed E-state index contributed by atoms with van der Waals surface area (Å²) in [5.41, 5.74) is 1.43. The summed E-state index contributed by atoms with van der Waals surface area (Å²) in [5.74, 6) is 0.918. The van der Waals surface area contributed by atoms with E-state index in [1.165, 1.54) is 5.56 Å². The molecule has 3 heteroatoms. The molecule has 0 bridgehead atoms. The molecule has 1 atom stereocenters. The minimum absolute atomic E-state index is 0.143. The number of hydrogen-bond donors (Lipinski definition) is 1. The first-order valence-corrected chi connectivity index (χ1v) is 7.12. The summed E-state index contributed by atoms with van der Waals surface area (Å²) in [6, 6.07) is 8.29. The first-order chi connectivity index (χ1) is 8.97. The Hall–Kier alpha value is -1.06. The Morgan fingerprint density at radius 3 is 2.79 bits per heavy atom. The van der Waals surface area contributed by atoms with Crippen LogP contribution in [0, 0.1) is 0 Å². The second-order valence-corrected chi connectivity index (χ2v) is 6.29. The van der Waals surface area contributed by atoms with E-state index in [9.17, 15) is 5.11 Å². The summed E-state index contributed by atoms with van der Waals surface area (Å²) >= 11 is 0. The minimum atomic E-state index is -0.274.